The quantitative estimate of drug-likeness (QED) is 0.766. The second-order valence-electron chi connectivity index (χ2n) is 6.68. The van der Waals surface area contributed by atoms with Crippen molar-refractivity contribution in [1.82, 2.24) is 19.7 Å². The van der Waals surface area contributed by atoms with E-state index in [9.17, 15) is 18.3 Å². The molecule has 0 amide bonds. The molecule has 0 radical (unpaired) electrons. The van der Waals surface area contributed by atoms with Crippen LogP contribution in [-0.4, -0.2) is 37.5 Å². The van der Waals surface area contributed by atoms with Gasteiger partial charge in [-0.05, 0) is 33.1 Å². The molecular formula is C16H21F3N6O. The van der Waals surface area contributed by atoms with E-state index in [0.29, 0.717) is 12.1 Å². The molecule has 0 aromatic carbocycles. The van der Waals surface area contributed by atoms with Gasteiger partial charge in [0.25, 0.3) is 0 Å². The first-order chi connectivity index (χ1) is 12.1. The van der Waals surface area contributed by atoms with Crippen LogP contribution in [-0.2, 0) is 6.18 Å². The van der Waals surface area contributed by atoms with Gasteiger partial charge < -0.3 is 15.7 Å². The van der Waals surface area contributed by atoms with E-state index >= 15 is 0 Å². The molecule has 3 N–H and O–H groups in total. The minimum Gasteiger partial charge on any atom is -0.388 e. The van der Waals surface area contributed by atoms with Crippen molar-refractivity contribution in [1.29, 1.82) is 0 Å². The molecule has 142 valence electrons. The summed E-state index contributed by atoms with van der Waals surface area (Å²) in [6.07, 6.45) is 0.189. The maximum Gasteiger partial charge on any atom is 0.421 e. The normalized spacial score (nSPS) is 23.3. The van der Waals surface area contributed by atoms with Gasteiger partial charge in [-0.15, -0.1) is 0 Å². The van der Waals surface area contributed by atoms with Crippen LogP contribution in [0.25, 0.3) is 0 Å². The molecule has 0 bridgehead atoms. The first-order valence-corrected chi connectivity index (χ1v) is 8.29. The molecule has 2 aromatic rings. The highest BCUT2D eigenvalue weighted by Gasteiger charge is 2.39. The number of hydrogen-bond donors (Lipinski definition) is 3. The fraction of sp³-hybridized carbons (Fsp3) is 0.562. The number of nitrogens with one attached hydrogen (secondary N) is 2. The summed E-state index contributed by atoms with van der Waals surface area (Å²) in [7, 11) is 1.37. The topological polar surface area (TPSA) is 87.9 Å². The number of aromatic nitrogens is 4. The summed E-state index contributed by atoms with van der Waals surface area (Å²) in [6.45, 7) is 3.61. The monoisotopic (exact) mass is 370 g/mol. The average molecular weight is 370 g/mol. The van der Waals surface area contributed by atoms with Crippen LogP contribution in [0.1, 0.15) is 43.5 Å². The Hall–Kier alpha value is -2.36. The van der Waals surface area contributed by atoms with Crippen LogP contribution < -0.4 is 10.6 Å². The second kappa shape index (κ2) is 6.42. The van der Waals surface area contributed by atoms with Crippen molar-refractivity contribution in [2.24, 2.45) is 0 Å². The number of halogens is 3. The van der Waals surface area contributed by atoms with Gasteiger partial charge >= 0.3 is 6.18 Å². The van der Waals surface area contributed by atoms with Gasteiger partial charge in [-0.1, -0.05) is 0 Å². The zero-order valence-corrected chi connectivity index (χ0v) is 14.7. The van der Waals surface area contributed by atoms with Crippen molar-refractivity contribution in [2.45, 2.75) is 50.9 Å². The summed E-state index contributed by atoms with van der Waals surface area (Å²) in [5.74, 6) is -0.276. The Bertz CT molecular complexity index is 802. The van der Waals surface area contributed by atoms with Crippen LogP contribution in [0.5, 0.6) is 0 Å². The summed E-state index contributed by atoms with van der Waals surface area (Å²) in [6, 6.07) is -0.139. The van der Waals surface area contributed by atoms with E-state index in [4.69, 9.17) is 0 Å². The molecule has 7 nitrogen and oxygen atoms in total. The zero-order valence-electron chi connectivity index (χ0n) is 14.7. The summed E-state index contributed by atoms with van der Waals surface area (Å²) in [5.41, 5.74) is -0.431. The maximum atomic E-state index is 12.9. The second-order valence-corrected chi connectivity index (χ2v) is 6.68. The molecule has 1 aliphatic rings. The van der Waals surface area contributed by atoms with Crippen LogP contribution in [0.15, 0.2) is 12.4 Å². The van der Waals surface area contributed by atoms with Crippen LogP contribution in [0.3, 0.4) is 0 Å². The lowest BCUT2D eigenvalue weighted by Gasteiger charge is -2.26. The highest BCUT2D eigenvalue weighted by Crippen LogP contribution is 2.40. The van der Waals surface area contributed by atoms with Gasteiger partial charge in [-0.3, -0.25) is 4.68 Å². The standard InChI is InChI=1S/C16H21F3N6O/c1-9-11(8-22-25(9)12-5-4-6-15(12,2)26)23-14-21-7-10(16(17,18)19)13(20-3)24-14/h7-8,12,26H,4-6H2,1-3H3,(H2,20,21,23,24). The smallest absolute Gasteiger partial charge is 0.388 e. The van der Waals surface area contributed by atoms with Crippen LogP contribution in [0, 0.1) is 6.92 Å². The predicted octanol–water partition coefficient (Wildman–Crippen LogP) is 3.26. The maximum absolute atomic E-state index is 12.9. The molecule has 0 saturated heterocycles. The van der Waals surface area contributed by atoms with Crippen LogP contribution in [0.4, 0.5) is 30.6 Å². The summed E-state index contributed by atoms with van der Waals surface area (Å²) < 4.78 is 40.5. The molecule has 10 heteroatoms. The molecular weight excluding hydrogens is 349 g/mol. The molecule has 2 unspecified atom stereocenters. The lowest BCUT2D eigenvalue weighted by Crippen LogP contribution is -2.32. The number of alkyl halides is 3. The molecule has 2 aromatic heterocycles. The number of anilines is 3. The molecule has 2 heterocycles. The van der Waals surface area contributed by atoms with Crippen molar-refractivity contribution in [3.05, 3.63) is 23.7 Å². The largest absolute Gasteiger partial charge is 0.421 e. The van der Waals surface area contributed by atoms with E-state index in [0.717, 1.165) is 24.7 Å². The van der Waals surface area contributed by atoms with Gasteiger partial charge in [-0.25, -0.2) is 4.98 Å². The molecule has 1 saturated carbocycles. The van der Waals surface area contributed by atoms with Crippen molar-refractivity contribution in [3.8, 4) is 0 Å². The van der Waals surface area contributed by atoms with E-state index in [1.807, 2.05) is 6.92 Å². The number of nitrogens with zero attached hydrogens (tertiary/aromatic N) is 4. The minimum atomic E-state index is -4.54. The van der Waals surface area contributed by atoms with E-state index in [-0.39, 0.29) is 17.8 Å². The van der Waals surface area contributed by atoms with Gasteiger partial charge in [-0.2, -0.15) is 23.3 Å². The Morgan fingerprint density at radius 1 is 1.35 bits per heavy atom. The van der Waals surface area contributed by atoms with Gasteiger partial charge in [0.1, 0.15) is 11.4 Å². The lowest BCUT2D eigenvalue weighted by molar-refractivity contribution is -0.137. The molecule has 1 fully saturated rings. The molecule has 2 atom stereocenters. The predicted molar refractivity (Wildman–Crippen MR) is 90.3 cm³/mol. The Morgan fingerprint density at radius 2 is 2.08 bits per heavy atom. The van der Waals surface area contributed by atoms with Crippen molar-refractivity contribution < 1.29 is 18.3 Å². The fourth-order valence-corrected chi connectivity index (χ4v) is 3.34. The molecule has 3 rings (SSSR count). The van der Waals surface area contributed by atoms with E-state index in [1.165, 1.54) is 7.05 Å². The van der Waals surface area contributed by atoms with Gasteiger partial charge in [0.15, 0.2) is 0 Å². The minimum absolute atomic E-state index is 0.0307. The Labute approximate surface area is 148 Å². The Kier molecular flexibility index (Phi) is 4.55. The summed E-state index contributed by atoms with van der Waals surface area (Å²) in [5, 5.41) is 20.2. The molecule has 26 heavy (non-hydrogen) atoms. The third kappa shape index (κ3) is 3.33. The highest BCUT2D eigenvalue weighted by atomic mass is 19.4. The Morgan fingerprint density at radius 3 is 2.65 bits per heavy atom. The number of aliphatic hydroxyl groups is 1. The first kappa shape index (κ1) is 18.4. The van der Waals surface area contributed by atoms with E-state index in [1.54, 1.807) is 17.8 Å². The Balaban J connectivity index is 1.86. The molecule has 1 aliphatic carbocycles. The van der Waals surface area contributed by atoms with Crippen LogP contribution >= 0.6 is 0 Å². The molecule has 0 aliphatic heterocycles. The zero-order chi connectivity index (χ0) is 19.1. The number of hydrogen-bond acceptors (Lipinski definition) is 6. The average Bonchev–Trinajstić information content (AvgIpc) is 3.08. The lowest BCUT2D eigenvalue weighted by atomic mass is 10.0. The van der Waals surface area contributed by atoms with Crippen molar-refractivity contribution >= 4 is 17.5 Å². The van der Waals surface area contributed by atoms with Crippen LogP contribution in [0.2, 0.25) is 0 Å². The van der Waals surface area contributed by atoms with Crippen molar-refractivity contribution in [3.63, 3.8) is 0 Å². The third-order valence-electron chi connectivity index (χ3n) is 4.80. The van der Waals surface area contributed by atoms with Gasteiger partial charge in [0.05, 0.1) is 29.2 Å². The SMILES string of the molecule is CNc1nc(Nc2cnn(C3CCCC3(C)O)c2C)ncc1C(F)(F)F. The fourth-order valence-electron chi connectivity index (χ4n) is 3.34. The molecule has 0 spiro atoms. The van der Waals surface area contributed by atoms with E-state index < -0.39 is 17.3 Å². The first-order valence-electron chi connectivity index (χ1n) is 8.29. The van der Waals surface area contributed by atoms with Gasteiger partial charge in [0.2, 0.25) is 5.95 Å². The van der Waals surface area contributed by atoms with Gasteiger partial charge in [0, 0.05) is 13.2 Å². The van der Waals surface area contributed by atoms with E-state index in [2.05, 4.69) is 25.7 Å². The van der Waals surface area contributed by atoms with Crippen molar-refractivity contribution in [2.75, 3.05) is 17.7 Å². The summed E-state index contributed by atoms with van der Waals surface area (Å²) >= 11 is 0. The number of rotatable bonds is 4. The third-order valence-corrected chi connectivity index (χ3v) is 4.80. The summed E-state index contributed by atoms with van der Waals surface area (Å²) in [4.78, 5) is 7.65. The highest BCUT2D eigenvalue weighted by molar-refractivity contribution is 5.58.